The predicted octanol–water partition coefficient (Wildman–Crippen LogP) is 3.28. The number of pyridine rings is 1. The number of alkyl halides is 3. The lowest BCUT2D eigenvalue weighted by Gasteiger charge is -2.27. The van der Waals surface area contributed by atoms with E-state index in [1.165, 1.54) is 24.3 Å². The van der Waals surface area contributed by atoms with Crippen LogP contribution in [0.1, 0.15) is 28.2 Å². The number of carboxylic acid groups (broad SMARTS) is 1. The molecule has 148 valence electrons. The topological polar surface area (TPSA) is 87.6 Å². The van der Waals surface area contributed by atoms with Crippen molar-refractivity contribution in [3.8, 4) is 0 Å². The number of benzene rings is 1. The molecule has 2 aromatic rings. The smallest absolute Gasteiger partial charge is 0.417 e. The van der Waals surface area contributed by atoms with Crippen molar-refractivity contribution in [2.45, 2.75) is 17.5 Å². The van der Waals surface area contributed by atoms with Crippen molar-refractivity contribution in [2.24, 2.45) is 0 Å². The van der Waals surface area contributed by atoms with E-state index < -0.39 is 32.6 Å². The summed E-state index contributed by atoms with van der Waals surface area (Å²) in [5.41, 5.74) is -0.320. The fraction of sp³-hybridized carbons (Fsp3) is 0.222. The van der Waals surface area contributed by atoms with Crippen LogP contribution in [0, 0.1) is 0 Å². The summed E-state index contributed by atoms with van der Waals surface area (Å²) < 4.78 is 66.0. The molecule has 0 saturated carbocycles. The Morgan fingerprint density at radius 2 is 1.82 bits per heavy atom. The van der Waals surface area contributed by atoms with Gasteiger partial charge in [0.25, 0.3) is 0 Å². The van der Waals surface area contributed by atoms with Crippen LogP contribution in [0.25, 0.3) is 5.57 Å². The van der Waals surface area contributed by atoms with Crippen LogP contribution in [0.4, 0.5) is 13.2 Å². The van der Waals surface area contributed by atoms with E-state index in [0.717, 1.165) is 22.5 Å². The second kappa shape index (κ2) is 7.36. The molecule has 2 heterocycles. The zero-order valence-electron chi connectivity index (χ0n) is 14.3. The Kier molecular flexibility index (Phi) is 5.26. The van der Waals surface area contributed by atoms with Crippen LogP contribution in [0.5, 0.6) is 0 Å². The van der Waals surface area contributed by atoms with Gasteiger partial charge in [-0.05, 0) is 36.3 Å². The fourth-order valence-electron chi connectivity index (χ4n) is 2.90. The van der Waals surface area contributed by atoms with Crippen LogP contribution in [0.2, 0.25) is 0 Å². The van der Waals surface area contributed by atoms with Crippen molar-refractivity contribution >= 4 is 21.6 Å². The number of hydrogen-bond acceptors (Lipinski definition) is 4. The zero-order chi connectivity index (χ0) is 20.5. The highest BCUT2D eigenvalue weighted by atomic mass is 32.2. The minimum Gasteiger partial charge on any atom is -0.477 e. The number of nitrogens with zero attached hydrogens (tertiary/aromatic N) is 2. The van der Waals surface area contributed by atoms with Crippen LogP contribution in [0.3, 0.4) is 0 Å². The maximum Gasteiger partial charge on any atom is 0.417 e. The number of carbonyl (C=O) groups is 1. The number of carboxylic acids is 1. The first kappa shape index (κ1) is 20.0. The molecule has 0 amide bonds. The third kappa shape index (κ3) is 3.92. The molecular formula is C18H15F3N2O4S. The van der Waals surface area contributed by atoms with Crippen LogP contribution >= 0.6 is 0 Å². The van der Waals surface area contributed by atoms with Gasteiger partial charge in [0.05, 0.1) is 16.2 Å². The van der Waals surface area contributed by atoms with Gasteiger partial charge in [-0.1, -0.05) is 24.3 Å². The SMILES string of the molecule is O=C(O)c1cccc(C2=CCN(S(=O)(=O)c3ccccc3C(F)(F)F)CC2)n1. The molecule has 10 heteroatoms. The van der Waals surface area contributed by atoms with Gasteiger partial charge < -0.3 is 5.11 Å². The summed E-state index contributed by atoms with van der Waals surface area (Å²) >= 11 is 0. The van der Waals surface area contributed by atoms with Gasteiger partial charge in [-0.3, -0.25) is 0 Å². The first-order chi connectivity index (χ1) is 13.1. The standard InChI is InChI=1S/C18H15F3N2O4S/c19-18(20,21)13-4-1-2-7-16(13)28(26,27)23-10-8-12(9-11-23)14-5-3-6-15(22-14)17(24)25/h1-8H,9-11H2,(H,24,25). The molecular weight excluding hydrogens is 397 g/mol. The Labute approximate surface area is 159 Å². The van der Waals surface area contributed by atoms with Crippen molar-refractivity contribution in [3.05, 3.63) is 65.5 Å². The van der Waals surface area contributed by atoms with Crippen LogP contribution in [-0.4, -0.2) is 41.9 Å². The first-order valence-electron chi connectivity index (χ1n) is 8.17. The summed E-state index contributed by atoms with van der Waals surface area (Å²) in [5, 5.41) is 9.01. The van der Waals surface area contributed by atoms with Crippen LogP contribution in [-0.2, 0) is 16.2 Å². The molecule has 1 aliphatic heterocycles. The van der Waals surface area contributed by atoms with Crippen molar-refractivity contribution in [3.63, 3.8) is 0 Å². The zero-order valence-corrected chi connectivity index (χ0v) is 15.2. The average Bonchev–Trinajstić information content (AvgIpc) is 2.67. The van der Waals surface area contributed by atoms with Gasteiger partial charge in [0.1, 0.15) is 5.69 Å². The van der Waals surface area contributed by atoms with Crippen molar-refractivity contribution in [2.75, 3.05) is 13.1 Å². The molecule has 0 fully saturated rings. The summed E-state index contributed by atoms with van der Waals surface area (Å²) in [6.07, 6.45) is -3.06. The highest BCUT2D eigenvalue weighted by Crippen LogP contribution is 2.36. The first-order valence-corrected chi connectivity index (χ1v) is 9.61. The minimum atomic E-state index is -4.79. The summed E-state index contributed by atoms with van der Waals surface area (Å²) in [6, 6.07) is 8.51. The molecule has 1 aromatic heterocycles. The Balaban J connectivity index is 1.89. The average molecular weight is 412 g/mol. The largest absolute Gasteiger partial charge is 0.477 e. The van der Waals surface area contributed by atoms with Gasteiger partial charge in [-0.15, -0.1) is 0 Å². The molecule has 6 nitrogen and oxygen atoms in total. The van der Waals surface area contributed by atoms with Gasteiger partial charge in [0, 0.05) is 13.1 Å². The van der Waals surface area contributed by atoms with E-state index >= 15 is 0 Å². The Bertz CT molecular complexity index is 1050. The maximum absolute atomic E-state index is 13.2. The predicted molar refractivity (Wildman–Crippen MR) is 94.0 cm³/mol. The molecule has 1 aromatic carbocycles. The third-order valence-electron chi connectivity index (χ3n) is 4.28. The second-order valence-corrected chi connectivity index (χ2v) is 7.96. The lowest BCUT2D eigenvalue weighted by Crippen LogP contribution is -2.35. The highest BCUT2D eigenvalue weighted by molar-refractivity contribution is 7.89. The summed E-state index contributed by atoms with van der Waals surface area (Å²) in [6.45, 7) is -0.178. The molecule has 0 saturated heterocycles. The number of sulfonamides is 1. The molecule has 1 aliphatic rings. The number of aromatic carboxylic acids is 1. The molecule has 0 aliphatic carbocycles. The highest BCUT2D eigenvalue weighted by Gasteiger charge is 2.39. The fourth-order valence-corrected chi connectivity index (χ4v) is 4.49. The molecule has 0 unspecified atom stereocenters. The van der Waals surface area contributed by atoms with Gasteiger partial charge in [0.15, 0.2) is 0 Å². The Hall–Kier alpha value is -2.72. The van der Waals surface area contributed by atoms with E-state index in [0.29, 0.717) is 11.3 Å². The summed E-state index contributed by atoms with van der Waals surface area (Å²) in [7, 11) is -4.35. The van der Waals surface area contributed by atoms with Crippen LogP contribution in [0.15, 0.2) is 53.4 Å². The van der Waals surface area contributed by atoms with Crippen molar-refractivity contribution < 1.29 is 31.5 Å². The monoisotopic (exact) mass is 412 g/mol. The van der Waals surface area contributed by atoms with E-state index in [4.69, 9.17) is 5.11 Å². The van der Waals surface area contributed by atoms with Crippen molar-refractivity contribution in [1.82, 2.24) is 9.29 Å². The summed E-state index contributed by atoms with van der Waals surface area (Å²) in [5.74, 6) is -1.19. The van der Waals surface area contributed by atoms with Gasteiger partial charge in [-0.25, -0.2) is 18.2 Å². The third-order valence-corrected chi connectivity index (χ3v) is 6.20. The number of hydrogen-bond donors (Lipinski definition) is 1. The molecule has 0 bridgehead atoms. The van der Waals surface area contributed by atoms with Crippen LogP contribution < -0.4 is 0 Å². The van der Waals surface area contributed by atoms with E-state index in [1.807, 2.05) is 0 Å². The van der Waals surface area contributed by atoms with E-state index in [1.54, 1.807) is 6.07 Å². The Morgan fingerprint density at radius 3 is 2.43 bits per heavy atom. The number of halogens is 3. The lowest BCUT2D eigenvalue weighted by atomic mass is 10.1. The van der Waals surface area contributed by atoms with E-state index in [9.17, 15) is 26.4 Å². The molecule has 1 N–H and O–H groups in total. The van der Waals surface area contributed by atoms with Gasteiger partial charge in [-0.2, -0.15) is 17.5 Å². The lowest BCUT2D eigenvalue weighted by molar-refractivity contribution is -0.139. The molecule has 0 radical (unpaired) electrons. The van der Waals surface area contributed by atoms with Gasteiger partial charge >= 0.3 is 12.1 Å². The Morgan fingerprint density at radius 1 is 1.11 bits per heavy atom. The maximum atomic E-state index is 13.2. The minimum absolute atomic E-state index is 0.0423. The number of aromatic nitrogens is 1. The normalized spacial score (nSPS) is 15.9. The second-order valence-electron chi connectivity index (χ2n) is 6.05. The molecule has 0 spiro atoms. The summed E-state index contributed by atoms with van der Waals surface area (Å²) in [4.78, 5) is 14.2. The number of rotatable bonds is 4. The molecule has 28 heavy (non-hydrogen) atoms. The quantitative estimate of drug-likeness (QED) is 0.833. The van der Waals surface area contributed by atoms with Gasteiger partial charge in [0.2, 0.25) is 10.0 Å². The molecule has 0 atom stereocenters. The van der Waals surface area contributed by atoms with E-state index in [2.05, 4.69) is 4.98 Å². The van der Waals surface area contributed by atoms with Crippen molar-refractivity contribution in [1.29, 1.82) is 0 Å². The van der Waals surface area contributed by atoms with E-state index in [-0.39, 0.29) is 25.2 Å². The molecule has 3 rings (SSSR count).